The van der Waals surface area contributed by atoms with Gasteiger partial charge in [-0.3, -0.25) is 4.98 Å². The Hall–Kier alpha value is -0.930. The monoisotopic (exact) mass is 389 g/mol. The Morgan fingerprint density at radius 1 is 0.679 bits per heavy atom. The summed E-state index contributed by atoms with van der Waals surface area (Å²) in [6.45, 7) is 9.68. The highest BCUT2D eigenvalue weighted by Gasteiger charge is 2.06. The summed E-state index contributed by atoms with van der Waals surface area (Å²) in [5.41, 5.74) is 1.26. The molecule has 0 N–H and O–H groups in total. The largest absolute Gasteiger partial charge is 0.306 e. The second kappa shape index (κ2) is 17.0. The summed E-state index contributed by atoms with van der Waals surface area (Å²) in [7, 11) is 4.39. The molecule has 1 saturated carbocycles. The summed E-state index contributed by atoms with van der Waals surface area (Å²) in [4.78, 5) is 8.63. The standard InChI is InChI=1S/C7H14.C6H7N.2C6H13N/c1-7-5-3-2-4-6-7;1-6-2-4-7-5-3-6;2*1-7-5-3-2-4-6-7/h7H,2-6H2,1H3;2-5H,1H3;2*2-6H2,1H3. The molecule has 0 aromatic carbocycles. The lowest BCUT2D eigenvalue weighted by molar-refractivity contribution is 0.277. The van der Waals surface area contributed by atoms with Gasteiger partial charge >= 0.3 is 0 Å². The second-order valence-corrected chi connectivity index (χ2v) is 9.00. The maximum absolute atomic E-state index is 3.85. The van der Waals surface area contributed by atoms with E-state index in [1.54, 1.807) is 12.4 Å². The number of nitrogens with zero attached hydrogens (tertiary/aromatic N) is 3. The van der Waals surface area contributed by atoms with Crippen LogP contribution in [0, 0.1) is 12.8 Å². The lowest BCUT2D eigenvalue weighted by Gasteiger charge is -2.20. The van der Waals surface area contributed by atoms with E-state index in [-0.39, 0.29) is 0 Å². The number of piperidine rings is 2. The first-order valence-corrected chi connectivity index (χ1v) is 11.8. The number of aromatic nitrogens is 1. The van der Waals surface area contributed by atoms with Crippen LogP contribution in [0.2, 0.25) is 0 Å². The minimum Gasteiger partial charge on any atom is -0.306 e. The molecule has 0 radical (unpaired) electrons. The van der Waals surface area contributed by atoms with Crippen LogP contribution in [0.15, 0.2) is 24.5 Å². The highest BCUT2D eigenvalue weighted by molar-refractivity contribution is 5.05. The van der Waals surface area contributed by atoms with Crippen molar-refractivity contribution in [3.8, 4) is 0 Å². The molecule has 4 rings (SSSR count). The zero-order valence-corrected chi connectivity index (χ0v) is 19.3. The van der Waals surface area contributed by atoms with Gasteiger partial charge in [0.05, 0.1) is 0 Å². The zero-order chi connectivity index (χ0) is 20.5. The van der Waals surface area contributed by atoms with Gasteiger partial charge in [0.15, 0.2) is 0 Å². The summed E-state index contributed by atoms with van der Waals surface area (Å²) >= 11 is 0. The fourth-order valence-corrected chi connectivity index (χ4v) is 3.84. The van der Waals surface area contributed by atoms with E-state index < -0.39 is 0 Å². The summed E-state index contributed by atoms with van der Waals surface area (Å²) < 4.78 is 0. The number of pyridine rings is 1. The Kier molecular flexibility index (Phi) is 15.2. The lowest BCUT2D eigenvalue weighted by Crippen LogP contribution is -2.24. The van der Waals surface area contributed by atoms with Crippen LogP contribution in [0.1, 0.15) is 83.1 Å². The van der Waals surface area contributed by atoms with Gasteiger partial charge < -0.3 is 9.80 Å². The van der Waals surface area contributed by atoms with E-state index in [0.717, 1.165) is 5.92 Å². The molecule has 2 aliphatic heterocycles. The van der Waals surface area contributed by atoms with Crippen LogP contribution in [0.4, 0.5) is 0 Å². The second-order valence-electron chi connectivity index (χ2n) is 9.00. The van der Waals surface area contributed by atoms with E-state index in [1.165, 1.54) is 102 Å². The number of rotatable bonds is 0. The molecule has 0 spiro atoms. The van der Waals surface area contributed by atoms with E-state index in [2.05, 4.69) is 35.8 Å². The Bertz CT molecular complexity index is 392. The van der Waals surface area contributed by atoms with Gasteiger partial charge in [0, 0.05) is 12.4 Å². The van der Waals surface area contributed by atoms with Crippen molar-refractivity contribution in [3.63, 3.8) is 0 Å². The molecule has 28 heavy (non-hydrogen) atoms. The predicted octanol–water partition coefficient (Wildman–Crippen LogP) is 6.18. The fraction of sp³-hybridized carbons (Fsp3) is 0.800. The fourth-order valence-electron chi connectivity index (χ4n) is 3.84. The minimum atomic E-state index is 1.04. The maximum Gasteiger partial charge on any atom is 0.0270 e. The van der Waals surface area contributed by atoms with Gasteiger partial charge in [0.25, 0.3) is 0 Å². The predicted molar refractivity (Wildman–Crippen MR) is 124 cm³/mol. The third kappa shape index (κ3) is 15.0. The SMILES string of the molecule is CC1CCCCC1.CN1CCCCC1.CN1CCCCC1.Cc1ccncc1. The van der Waals surface area contributed by atoms with E-state index >= 15 is 0 Å². The van der Waals surface area contributed by atoms with Crippen molar-refractivity contribution in [1.29, 1.82) is 0 Å². The molecule has 3 nitrogen and oxygen atoms in total. The Morgan fingerprint density at radius 2 is 1.07 bits per heavy atom. The Morgan fingerprint density at radius 3 is 1.29 bits per heavy atom. The molecule has 2 saturated heterocycles. The topological polar surface area (TPSA) is 19.4 Å². The molecule has 0 unspecified atom stereocenters. The van der Waals surface area contributed by atoms with Crippen molar-refractivity contribution in [1.82, 2.24) is 14.8 Å². The zero-order valence-electron chi connectivity index (χ0n) is 19.3. The number of likely N-dealkylation sites (tertiary alicyclic amines) is 2. The molecule has 3 heterocycles. The quantitative estimate of drug-likeness (QED) is 0.528. The van der Waals surface area contributed by atoms with Crippen LogP contribution in [-0.4, -0.2) is 55.1 Å². The summed E-state index contributed by atoms with van der Waals surface area (Å²) in [5, 5.41) is 0. The molecule has 162 valence electrons. The first-order valence-electron chi connectivity index (χ1n) is 11.8. The molecule has 3 aliphatic rings. The van der Waals surface area contributed by atoms with Gasteiger partial charge in [-0.15, -0.1) is 0 Å². The first-order chi connectivity index (χ1) is 13.6. The normalized spacial score (nSPS) is 21.1. The summed E-state index contributed by atoms with van der Waals surface area (Å²) in [6.07, 6.45) is 19.6. The van der Waals surface area contributed by atoms with Crippen LogP contribution in [0.25, 0.3) is 0 Å². The molecule has 1 aromatic rings. The average Bonchev–Trinajstić information content (AvgIpc) is 2.72. The van der Waals surface area contributed by atoms with E-state index in [0.29, 0.717) is 0 Å². The lowest BCUT2D eigenvalue weighted by atomic mass is 9.91. The molecular formula is C25H47N3. The van der Waals surface area contributed by atoms with Crippen molar-refractivity contribution in [2.24, 2.45) is 5.92 Å². The molecule has 0 atom stereocenters. The average molecular weight is 390 g/mol. The van der Waals surface area contributed by atoms with Crippen molar-refractivity contribution < 1.29 is 0 Å². The van der Waals surface area contributed by atoms with Crippen LogP contribution in [0.3, 0.4) is 0 Å². The molecule has 0 amide bonds. The van der Waals surface area contributed by atoms with Gasteiger partial charge in [-0.25, -0.2) is 0 Å². The molecule has 1 aromatic heterocycles. The number of aryl methyl sites for hydroxylation is 1. The van der Waals surface area contributed by atoms with Crippen LogP contribution >= 0.6 is 0 Å². The van der Waals surface area contributed by atoms with Crippen LogP contribution in [0.5, 0.6) is 0 Å². The summed E-state index contributed by atoms with van der Waals surface area (Å²) in [5.74, 6) is 1.04. The highest BCUT2D eigenvalue weighted by Crippen LogP contribution is 2.22. The molecule has 3 fully saturated rings. The maximum atomic E-state index is 3.85. The highest BCUT2D eigenvalue weighted by atomic mass is 15.1. The molecule has 1 aliphatic carbocycles. The Labute approximate surface area is 175 Å². The third-order valence-electron chi connectivity index (χ3n) is 5.90. The summed E-state index contributed by atoms with van der Waals surface area (Å²) in [6, 6.07) is 3.94. The first kappa shape index (κ1) is 25.1. The smallest absolute Gasteiger partial charge is 0.0270 e. The van der Waals surface area contributed by atoms with Crippen molar-refractivity contribution >= 4 is 0 Å². The molecule has 3 heteroatoms. The van der Waals surface area contributed by atoms with Crippen LogP contribution < -0.4 is 0 Å². The van der Waals surface area contributed by atoms with E-state index in [4.69, 9.17) is 0 Å². The van der Waals surface area contributed by atoms with Gasteiger partial charge in [0.1, 0.15) is 0 Å². The van der Waals surface area contributed by atoms with Gasteiger partial charge in [0.2, 0.25) is 0 Å². The van der Waals surface area contributed by atoms with Crippen molar-refractivity contribution in [2.45, 2.75) is 84.5 Å². The minimum absolute atomic E-state index is 1.04. The van der Waals surface area contributed by atoms with E-state index in [9.17, 15) is 0 Å². The van der Waals surface area contributed by atoms with E-state index in [1.807, 2.05) is 19.1 Å². The molecular weight excluding hydrogens is 342 g/mol. The number of hydrogen-bond acceptors (Lipinski definition) is 3. The van der Waals surface area contributed by atoms with Crippen LogP contribution in [-0.2, 0) is 0 Å². The Balaban J connectivity index is 0.000000187. The van der Waals surface area contributed by atoms with Gasteiger partial charge in [-0.2, -0.15) is 0 Å². The number of hydrogen-bond donors (Lipinski definition) is 0. The third-order valence-corrected chi connectivity index (χ3v) is 5.90. The van der Waals surface area contributed by atoms with Crippen molar-refractivity contribution in [3.05, 3.63) is 30.1 Å². The molecule has 0 bridgehead atoms. The van der Waals surface area contributed by atoms with Gasteiger partial charge in [-0.05, 0) is 96.5 Å². The van der Waals surface area contributed by atoms with Crippen molar-refractivity contribution in [2.75, 3.05) is 40.3 Å². The van der Waals surface area contributed by atoms with Gasteiger partial charge in [-0.1, -0.05) is 51.9 Å².